The van der Waals surface area contributed by atoms with Gasteiger partial charge in [-0.1, -0.05) is 6.08 Å². The van der Waals surface area contributed by atoms with Crippen LogP contribution in [0.25, 0.3) is 0 Å². The van der Waals surface area contributed by atoms with Crippen molar-refractivity contribution < 1.29 is 19.4 Å². The van der Waals surface area contributed by atoms with Crippen molar-refractivity contribution in [2.45, 2.75) is 12.5 Å². The molecule has 19 heavy (non-hydrogen) atoms. The van der Waals surface area contributed by atoms with Crippen LogP contribution in [0.3, 0.4) is 0 Å². The number of carbonyl (C=O) groups is 2. The summed E-state index contributed by atoms with van der Waals surface area (Å²) in [6.07, 6.45) is 1.83. The molecule has 0 aliphatic rings. The summed E-state index contributed by atoms with van der Waals surface area (Å²) in [6.45, 7) is 3.49. The van der Waals surface area contributed by atoms with Crippen LogP contribution in [0.1, 0.15) is 16.8 Å². The molecular weight excluding hydrogens is 248 g/mol. The maximum absolute atomic E-state index is 11.8. The van der Waals surface area contributed by atoms with Crippen LogP contribution in [0, 0.1) is 0 Å². The Balaban J connectivity index is 3.00. The van der Waals surface area contributed by atoms with Gasteiger partial charge < -0.3 is 20.9 Å². The van der Waals surface area contributed by atoms with Crippen LogP contribution >= 0.6 is 0 Å². The van der Waals surface area contributed by atoms with E-state index in [1.807, 2.05) is 0 Å². The van der Waals surface area contributed by atoms with Crippen molar-refractivity contribution in [1.82, 2.24) is 0 Å². The zero-order valence-electron chi connectivity index (χ0n) is 10.6. The van der Waals surface area contributed by atoms with Gasteiger partial charge in [0.15, 0.2) is 0 Å². The lowest BCUT2D eigenvalue weighted by atomic mass is 10.1. The molecule has 1 aromatic carbocycles. The number of carboxylic acid groups (broad SMARTS) is 1. The zero-order chi connectivity index (χ0) is 14.4. The normalized spacial score (nSPS) is 11.5. The van der Waals surface area contributed by atoms with E-state index in [0.717, 1.165) is 0 Å². The number of nitrogens with one attached hydrogen (secondary N) is 1. The Morgan fingerprint density at radius 3 is 2.79 bits per heavy atom. The van der Waals surface area contributed by atoms with E-state index in [4.69, 9.17) is 15.6 Å². The molecule has 1 rings (SSSR count). The van der Waals surface area contributed by atoms with Gasteiger partial charge >= 0.3 is 5.97 Å². The molecule has 0 aromatic heterocycles. The van der Waals surface area contributed by atoms with Crippen LogP contribution < -0.4 is 15.8 Å². The molecule has 0 heterocycles. The molecule has 1 aromatic rings. The number of methoxy groups -OCH3 is 1. The molecule has 1 atom stereocenters. The molecule has 0 bridgehead atoms. The van der Waals surface area contributed by atoms with Crippen molar-refractivity contribution in [1.29, 1.82) is 0 Å². The van der Waals surface area contributed by atoms with Gasteiger partial charge in [0.25, 0.3) is 0 Å². The zero-order valence-corrected chi connectivity index (χ0v) is 10.6. The fourth-order valence-electron chi connectivity index (χ4n) is 1.45. The molecule has 0 aliphatic carbocycles. The van der Waals surface area contributed by atoms with Gasteiger partial charge in [-0.05, 0) is 18.6 Å². The van der Waals surface area contributed by atoms with Crippen LogP contribution in [-0.4, -0.2) is 30.1 Å². The van der Waals surface area contributed by atoms with Crippen LogP contribution in [-0.2, 0) is 4.79 Å². The second kappa shape index (κ2) is 6.55. The number of ether oxygens (including phenoxy) is 1. The Bertz CT molecular complexity index is 499. The van der Waals surface area contributed by atoms with Crippen molar-refractivity contribution in [2.75, 3.05) is 12.4 Å². The topological polar surface area (TPSA) is 102 Å². The van der Waals surface area contributed by atoms with Gasteiger partial charge in [-0.25, -0.2) is 4.79 Å². The maximum atomic E-state index is 11.8. The van der Waals surface area contributed by atoms with Crippen LogP contribution in [0.4, 0.5) is 5.69 Å². The van der Waals surface area contributed by atoms with Crippen LogP contribution in [0.5, 0.6) is 5.75 Å². The second-order valence-corrected chi connectivity index (χ2v) is 3.84. The molecule has 102 valence electrons. The van der Waals surface area contributed by atoms with E-state index in [1.165, 1.54) is 31.4 Å². The minimum Gasteiger partial charge on any atom is -0.497 e. The maximum Gasteiger partial charge on any atom is 0.337 e. The average Bonchev–Trinajstić information content (AvgIpc) is 2.38. The van der Waals surface area contributed by atoms with Gasteiger partial charge in [0.2, 0.25) is 5.91 Å². The van der Waals surface area contributed by atoms with Gasteiger partial charge in [-0.2, -0.15) is 0 Å². The van der Waals surface area contributed by atoms with Crippen molar-refractivity contribution in [3.05, 3.63) is 36.4 Å². The number of amides is 1. The number of benzene rings is 1. The molecule has 4 N–H and O–H groups in total. The molecule has 0 spiro atoms. The largest absolute Gasteiger partial charge is 0.497 e. The van der Waals surface area contributed by atoms with Gasteiger partial charge in [0.1, 0.15) is 5.75 Å². The second-order valence-electron chi connectivity index (χ2n) is 3.84. The predicted octanol–water partition coefficient (Wildman–Crippen LogP) is 1.24. The number of nitrogens with two attached hydrogens (primary N) is 1. The number of aromatic carboxylic acids is 1. The van der Waals surface area contributed by atoms with Crippen molar-refractivity contribution in [3.63, 3.8) is 0 Å². The van der Waals surface area contributed by atoms with Gasteiger partial charge in [0.05, 0.1) is 24.4 Å². The molecule has 0 aliphatic heterocycles. The third kappa shape index (κ3) is 3.82. The molecule has 1 unspecified atom stereocenters. The number of anilines is 1. The van der Waals surface area contributed by atoms with Crippen LogP contribution in [0.15, 0.2) is 30.9 Å². The minimum atomic E-state index is -1.14. The van der Waals surface area contributed by atoms with Crippen molar-refractivity contribution >= 4 is 17.6 Å². The minimum absolute atomic E-state index is 0.0278. The summed E-state index contributed by atoms with van der Waals surface area (Å²) in [7, 11) is 1.45. The first-order chi connectivity index (χ1) is 8.99. The van der Waals surface area contributed by atoms with E-state index in [2.05, 4.69) is 11.9 Å². The average molecular weight is 264 g/mol. The van der Waals surface area contributed by atoms with E-state index in [9.17, 15) is 9.59 Å². The van der Waals surface area contributed by atoms with E-state index in [0.29, 0.717) is 12.2 Å². The summed E-state index contributed by atoms with van der Waals surface area (Å²) in [4.78, 5) is 22.8. The number of rotatable bonds is 6. The van der Waals surface area contributed by atoms with E-state index < -0.39 is 17.9 Å². The summed E-state index contributed by atoms with van der Waals surface area (Å²) < 4.78 is 4.99. The standard InChI is InChI=1S/C13H16N2O4/c1-3-4-10(14)12(16)15-11-7-8(19-2)5-6-9(11)13(17)18/h3,5-7,10H,1,4,14H2,2H3,(H,15,16)(H,17,18). The van der Waals surface area contributed by atoms with Crippen molar-refractivity contribution in [2.24, 2.45) is 5.73 Å². The van der Waals surface area contributed by atoms with E-state index in [-0.39, 0.29) is 11.3 Å². The lowest BCUT2D eigenvalue weighted by Gasteiger charge is -2.13. The third-order valence-corrected chi connectivity index (χ3v) is 2.47. The molecular formula is C13H16N2O4. The molecule has 0 fully saturated rings. The van der Waals surface area contributed by atoms with Crippen molar-refractivity contribution in [3.8, 4) is 5.75 Å². The van der Waals surface area contributed by atoms with Gasteiger partial charge in [-0.15, -0.1) is 6.58 Å². The highest BCUT2D eigenvalue weighted by Gasteiger charge is 2.17. The molecule has 0 radical (unpaired) electrons. The Kier molecular flexibility index (Phi) is 5.08. The first-order valence-electron chi connectivity index (χ1n) is 5.58. The molecule has 0 saturated heterocycles. The molecule has 0 saturated carbocycles. The fourth-order valence-corrected chi connectivity index (χ4v) is 1.45. The number of carbonyl (C=O) groups excluding carboxylic acids is 1. The summed E-state index contributed by atoms with van der Waals surface area (Å²) in [5.41, 5.74) is 5.73. The van der Waals surface area contributed by atoms with Crippen LogP contribution in [0.2, 0.25) is 0 Å². The fraction of sp³-hybridized carbons (Fsp3) is 0.231. The molecule has 1 amide bonds. The quantitative estimate of drug-likeness (QED) is 0.671. The first kappa shape index (κ1) is 14.7. The highest BCUT2D eigenvalue weighted by molar-refractivity contribution is 6.02. The Morgan fingerprint density at radius 1 is 1.58 bits per heavy atom. The lowest BCUT2D eigenvalue weighted by Crippen LogP contribution is -2.35. The Hall–Kier alpha value is -2.34. The summed E-state index contributed by atoms with van der Waals surface area (Å²) >= 11 is 0. The van der Waals surface area contributed by atoms with Gasteiger partial charge in [-0.3, -0.25) is 4.79 Å². The molecule has 6 heteroatoms. The smallest absolute Gasteiger partial charge is 0.337 e. The highest BCUT2D eigenvalue weighted by atomic mass is 16.5. The first-order valence-corrected chi connectivity index (χ1v) is 5.58. The monoisotopic (exact) mass is 264 g/mol. The summed E-state index contributed by atoms with van der Waals surface area (Å²) in [5.74, 6) is -1.18. The van der Waals surface area contributed by atoms with E-state index in [1.54, 1.807) is 0 Å². The number of carboxylic acids is 1. The Morgan fingerprint density at radius 2 is 2.26 bits per heavy atom. The number of hydrogen-bond acceptors (Lipinski definition) is 4. The lowest BCUT2D eigenvalue weighted by molar-refractivity contribution is -0.117. The third-order valence-electron chi connectivity index (χ3n) is 2.47. The van der Waals surface area contributed by atoms with Gasteiger partial charge in [0, 0.05) is 6.07 Å². The SMILES string of the molecule is C=CCC(N)C(=O)Nc1cc(OC)ccc1C(=O)O. The summed E-state index contributed by atoms with van der Waals surface area (Å²) in [6, 6.07) is 3.52. The number of hydrogen-bond donors (Lipinski definition) is 3. The van der Waals surface area contributed by atoms with E-state index >= 15 is 0 Å². The Labute approximate surface area is 110 Å². The molecule has 6 nitrogen and oxygen atoms in total. The summed E-state index contributed by atoms with van der Waals surface area (Å²) in [5, 5.41) is 11.5. The highest BCUT2D eigenvalue weighted by Crippen LogP contribution is 2.22. The predicted molar refractivity (Wildman–Crippen MR) is 71.4 cm³/mol.